The minimum Gasteiger partial charge on any atom is -0.494 e. The number of hydrogen-bond donors (Lipinski definition) is 2. The summed E-state index contributed by atoms with van der Waals surface area (Å²) in [5.41, 5.74) is 1.57. The van der Waals surface area contributed by atoms with Gasteiger partial charge >= 0.3 is 0 Å². The highest BCUT2D eigenvalue weighted by atomic mass is 16.5. The molecule has 0 saturated carbocycles. The maximum absolute atomic E-state index is 12.2. The summed E-state index contributed by atoms with van der Waals surface area (Å²) >= 11 is 0. The third kappa shape index (κ3) is 8.31. The molecule has 0 atom stereocenters. The summed E-state index contributed by atoms with van der Waals surface area (Å²) in [6, 6.07) is 14.9. The summed E-state index contributed by atoms with van der Waals surface area (Å²) in [7, 11) is 1.64. The van der Waals surface area contributed by atoms with Gasteiger partial charge in [0.05, 0.1) is 19.8 Å². The first kappa shape index (κ1) is 21.6. The Hall–Kier alpha value is -2.73. The summed E-state index contributed by atoms with van der Waals surface area (Å²) in [5, 5.41) is 5.97. The lowest BCUT2D eigenvalue weighted by Gasteiger charge is -2.11. The van der Waals surface area contributed by atoms with E-state index in [0.717, 1.165) is 29.3 Å². The fourth-order valence-corrected chi connectivity index (χ4v) is 2.38. The lowest BCUT2D eigenvalue weighted by Crippen LogP contribution is -2.21. The lowest BCUT2D eigenvalue weighted by atomic mass is 10.1. The van der Waals surface area contributed by atoms with Crippen molar-refractivity contribution in [3.63, 3.8) is 0 Å². The third-order valence-electron chi connectivity index (χ3n) is 3.95. The van der Waals surface area contributed by atoms with Gasteiger partial charge < -0.3 is 24.8 Å². The Morgan fingerprint density at radius 1 is 0.929 bits per heavy atom. The first-order valence-electron chi connectivity index (χ1n) is 9.55. The van der Waals surface area contributed by atoms with Gasteiger partial charge in [0, 0.05) is 24.6 Å². The molecule has 2 aromatic carbocycles. The van der Waals surface area contributed by atoms with Crippen LogP contribution in [0, 0.1) is 5.92 Å². The second kappa shape index (κ2) is 11.9. The fraction of sp³-hybridized carbons (Fsp3) is 0.409. The lowest BCUT2D eigenvalue weighted by molar-refractivity contribution is -0.114. The minimum atomic E-state index is -0.125. The van der Waals surface area contributed by atoms with Gasteiger partial charge in [0.15, 0.2) is 0 Å². The number of carbonyl (C=O) groups excluding carboxylic acids is 1. The average Bonchev–Trinajstić information content (AvgIpc) is 2.68. The molecule has 2 N–H and O–H groups in total. The third-order valence-corrected chi connectivity index (χ3v) is 3.95. The standard InChI is InChI=1S/C22H30N2O4/c1-17(2)11-12-27-21-6-4-5-19(15-21)24-22(25)16-23-18-7-9-20(10-8-18)28-14-13-26-3/h4-10,15,17,23H,11-14,16H2,1-3H3,(H,24,25). The number of benzene rings is 2. The summed E-state index contributed by atoms with van der Waals surface area (Å²) in [4.78, 5) is 12.2. The molecule has 0 saturated heterocycles. The largest absolute Gasteiger partial charge is 0.494 e. The molecule has 0 heterocycles. The SMILES string of the molecule is COCCOc1ccc(NCC(=O)Nc2cccc(OCCC(C)C)c2)cc1. The van der Waals surface area contributed by atoms with Gasteiger partial charge in [-0.15, -0.1) is 0 Å². The Labute approximate surface area is 167 Å². The number of ether oxygens (including phenoxy) is 3. The first-order valence-corrected chi connectivity index (χ1v) is 9.55. The van der Waals surface area contributed by atoms with E-state index in [1.165, 1.54) is 0 Å². The summed E-state index contributed by atoms with van der Waals surface area (Å²) in [6.07, 6.45) is 0.997. The Morgan fingerprint density at radius 3 is 2.39 bits per heavy atom. The minimum absolute atomic E-state index is 0.125. The van der Waals surface area contributed by atoms with E-state index in [-0.39, 0.29) is 12.5 Å². The monoisotopic (exact) mass is 386 g/mol. The average molecular weight is 386 g/mol. The summed E-state index contributed by atoms with van der Waals surface area (Å²) in [5.74, 6) is 2.00. The Morgan fingerprint density at radius 2 is 1.68 bits per heavy atom. The van der Waals surface area contributed by atoms with Crippen LogP contribution in [0.3, 0.4) is 0 Å². The van der Waals surface area contributed by atoms with Gasteiger partial charge in [-0.1, -0.05) is 19.9 Å². The zero-order valence-corrected chi connectivity index (χ0v) is 16.9. The van der Waals surface area contributed by atoms with E-state index in [4.69, 9.17) is 14.2 Å². The number of rotatable bonds is 12. The van der Waals surface area contributed by atoms with Gasteiger partial charge in [0.2, 0.25) is 5.91 Å². The van der Waals surface area contributed by atoms with E-state index >= 15 is 0 Å². The molecular weight excluding hydrogens is 356 g/mol. The molecule has 0 radical (unpaired) electrons. The van der Waals surface area contributed by atoms with Crippen molar-refractivity contribution in [3.05, 3.63) is 48.5 Å². The predicted molar refractivity (Wildman–Crippen MR) is 112 cm³/mol. The van der Waals surface area contributed by atoms with Crippen molar-refractivity contribution >= 4 is 17.3 Å². The Kier molecular flexibility index (Phi) is 9.15. The zero-order chi connectivity index (χ0) is 20.2. The molecule has 2 rings (SSSR count). The molecule has 2 aromatic rings. The van der Waals surface area contributed by atoms with Gasteiger partial charge in [-0.2, -0.15) is 0 Å². The van der Waals surface area contributed by atoms with Gasteiger partial charge in [-0.3, -0.25) is 4.79 Å². The van der Waals surface area contributed by atoms with Gasteiger partial charge in [0.25, 0.3) is 0 Å². The molecule has 28 heavy (non-hydrogen) atoms. The van der Waals surface area contributed by atoms with E-state index in [9.17, 15) is 4.79 Å². The van der Waals surface area contributed by atoms with Crippen molar-refractivity contribution in [2.75, 3.05) is 44.1 Å². The summed E-state index contributed by atoms with van der Waals surface area (Å²) in [6.45, 7) is 6.21. The highest BCUT2D eigenvalue weighted by Gasteiger charge is 2.04. The van der Waals surface area contributed by atoms with Crippen LogP contribution in [-0.2, 0) is 9.53 Å². The molecule has 0 bridgehead atoms. The summed E-state index contributed by atoms with van der Waals surface area (Å²) < 4.78 is 16.2. The van der Waals surface area contributed by atoms with Crippen LogP contribution >= 0.6 is 0 Å². The second-order valence-electron chi connectivity index (χ2n) is 6.83. The van der Waals surface area contributed by atoms with Crippen LogP contribution in [0.2, 0.25) is 0 Å². The predicted octanol–water partition coefficient (Wildman–Crippen LogP) is 4.19. The zero-order valence-electron chi connectivity index (χ0n) is 16.9. The Bertz CT molecular complexity index is 717. The van der Waals surface area contributed by atoms with Crippen LogP contribution in [0.1, 0.15) is 20.3 Å². The van der Waals surface area contributed by atoms with Crippen molar-refractivity contribution in [1.82, 2.24) is 0 Å². The van der Waals surface area contributed by atoms with E-state index in [1.54, 1.807) is 7.11 Å². The molecule has 0 aliphatic rings. The molecule has 1 amide bonds. The molecular formula is C22H30N2O4. The number of hydrogen-bond acceptors (Lipinski definition) is 5. The maximum Gasteiger partial charge on any atom is 0.243 e. The number of nitrogens with one attached hydrogen (secondary N) is 2. The number of carbonyl (C=O) groups is 1. The van der Waals surface area contributed by atoms with Crippen molar-refractivity contribution in [2.24, 2.45) is 5.92 Å². The molecule has 0 aliphatic heterocycles. The topological polar surface area (TPSA) is 68.8 Å². The van der Waals surface area contributed by atoms with Gasteiger partial charge in [-0.25, -0.2) is 0 Å². The number of anilines is 2. The smallest absolute Gasteiger partial charge is 0.243 e. The molecule has 0 unspecified atom stereocenters. The van der Waals surface area contributed by atoms with E-state index < -0.39 is 0 Å². The molecule has 0 fully saturated rings. The molecule has 6 nitrogen and oxygen atoms in total. The van der Waals surface area contributed by atoms with Crippen LogP contribution in [-0.4, -0.2) is 39.4 Å². The molecule has 0 aliphatic carbocycles. The molecule has 0 spiro atoms. The van der Waals surface area contributed by atoms with Crippen molar-refractivity contribution in [3.8, 4) is 11.5 Å². The van der Waals surface area contributed by atoms with Crippen LogP contribution in [0.4, 0.5) is 11.4 Å². The van der Waals surface area contributed by atoms with E-state index in [1.807, 2.05) is 48.5 Å². The van der Waals surface area contributed by atoms with Crippen LogP contribution in [0.15, 0.2) is 48.5 Å². The highest BCUT2D eigenvalue weighted by Crippen LogP contribution is 2.18. The van der Waals surface area contributed by atoms with Crippen LogP contribution < -0.4 is 20.1 Å². The highest BCUT2D eigenvalue weighted by molar-refractivity contribution is 5.93. The van der Waals surface area contributed by atoms with Crippen molar-refractivity contribution < 1.29 is 19.0 Å². The van der Waals surface area contributed by atoms with Gasteiger partial charge in [-0.05, 0) is 48.7 Å². The van der Waals surface area contributed by atoms with Crippen LogP contribution in [0.25, 0.3) is 0 Å². The van der Waals surface area contributed by atoms with E-state index in [2.05, 4.69) is 24.5 Å². The van der Waals surface area contributed by atoms with Crippen molar-refractivity contribution in [1.29, 1.82) is 0 Å². The molecule has 6 heteroatoms. The fourth-order valence-electron chi connectivity index (χ4n) is 2.38. The Balaban J connectivity index is 1.76. The molecule has 152 valence electrons. The second-order valence-corrected chi connectivity index (χ2v) is 6.83. The maximum atomic E-state index is 12.2. The number of amides is 1. The van der Waals surface area contributed by atoms with Gasteiger partial charge in [0.1, 0.15) is 18.1 Å². The van der Waals surface area contributed by atoms with E-state index in [0.29, 0.717) is 25.7 Å². The van der Waals surface area contributed by atoms with Crippen molar-refractivity contribution in [2.45, 2.75) is 20.3 Å². The normalized spacial score (nSPS) is 10.6. The number of methoxy groups -OCH3 is 1. The van der Waals surface area contributed by atoms with Crippen LogP contribution in [0.5, 0.6) is 11.5 Å². The molecule has 0 aromatic heterocycles. The quantitative estimate of drug-likeness (QED) is 0.536. The first-order chi connectivity index (χ1) is 13.6.